The monoisotopic (exact) mass is 345 g/mol. The Kier molecular flexibility index (Phi) is 3.83. The molecule has 25 heavy (non-hydrogen) atoms. The van der Waals surface area contributed by atoms with E-state index in [1.54, 1.807) is 10.8 Å². The van der Waals surface area contributed by atoms with Gasteiger partial charge in [0.1, 0.15) is 6.23 Å². The van der Waals surface area contributed by atoms with Crippen LogP contribution in [0.3, 0.4) is 0 Å². The molecule has 2 aromatic heterocycles. The number of imidazole rings is 1. The zero-order valence-electron chi connectivity index (χ0n) is 15.2. The van der Waals surface area contributed by atoms with E-state index >= 15 is 0 Å². The Morgan fingerprint density at radius 3 is 2.60 bits per heavy atom. The third-order valence-electron chi connectivity index (χ3n) is 5.59. The van der Waals surface area contributed by atoms with E-state index in [9.17, 15) is 4.79 Å². The molecule has 0 spiro atoms. The Morgan fingerprint density at radius 1 is 1.24 bits per heavy atom. The summed E-state index contributed by atoms with van der Waals surface area (Å²) < 4.78 is 19.7. The smallest absolute Gasteiger partial charge is 0.399 e. The highest BCUT2D eigenvalue weighted by Gasteiger charge is 2.52. The van der Waals surface area contributed by atoms with Crippen molar-refractivity contribution in [3.8, 4) is 0 Å². The molecule has 0 radical (unpaired) electrons. The molecule has 0 aromatic carbocycles. The Hall–Kier alpha value is -1.64. The predicted molar refractivity (Wildman–Crippen MR) is 94.9 cm³/mol. The van der Waals surface area contributed by atoms with Crippen molar-refractivity contribution in [1.82, 2.24) is 14.5 Å². The lowest BCUT2D eigenvalue weighted by atomic mass is 9.79. The molecule has 0 amide bonds. The van der Waals surface area contributed by atoms with E-state index in [4.69, 9.17) is 14.0 Å². The normalized spacial score (nSPS) is 25.6. The van der Waals surface area contributed by atoms with Crippen LogP contribution in [0.5, 0.6) is 0 Å². The van der Waals surface area contributed by atoms with Gasteiger partial charge in [-0.05, 0) is 53.0 Å². The topological polar surface area (TPSA) is 78.4 Å². The van der Waals surface area contributed by atoms with Gasteiger partial charge >= 0.3 is 12.8 Å². The van der Waals surface area contributed by atoms with Crippen molar-refractivity contribution in [1.29, 1.82) is 0 Å². The molecule has 134 valence electrons. The summed E-state index contributed by atoms with van der Waals surface area (Å²) in [5, 5.41) is 0. The summed E-state index contributed by atoms with van der Waals surface area (Å²) in [5.41, 5.74) is 0.934. The lowest BCUT2D eigenvalue weighted by Gasteiger charge is -2.32. The summed E-state index contributed by atoms with van der Waals surface area (Å²) in [6, 6.07) is 1.84. The molecule has 0 aliphatic carbocycles. The number of ether oxygens (including phenoxy) is 1. The predicted octanol–water partition coefficient (Wildman–Crippen LogP) is 1.72. The zero-order chi connectivity index (χ0) is 17.8. The molecule has 4 heterocycles. The van der Waals surface area contributed by atoms with Gasteiger partial charge in [0, 0.05) is 18.3 Å². The van der Waals surface area contributed by atoms with Crippen LogP contribution in [0.4, 0.5) is 0 Å². The van der Waals surface area contributed by atoms with Crippen LogP contribution in [0, 0.1) is 0 Å². The summed E-state index contributed by atoms with van der Waals surface area (Å²) in [6.07, 6.45) is 4.31. The van der Waals surface area contributed by atoms with Crippen LogP contribution in [0.25, 0.3) is 11.2 Å². The van der Waals surface area contributed by atoms with Gasteiger partial charge in [-0.15, -0.1) is 0 Å². The molecule has 1 unspecified atom stereocenters. The van der Waals surface area contributed by atoms with E-state index < -0.39 is 18.3 Å². The second-order valence-corrected chi connectivity index (χ2v) is 7.81. The molecular weight excluding hydrogens is 321 g/mol. The Labute approximate surface area is 146 Å². The molecule has 0 saturated carbocycles. The van der Waals surface area contributed by atoms with Crippen LogP contribution in [-0.4, -0.2) is 39.5 Å². The summed E-state index contributed by atoms with van der Waals surface area (Å²) >= 11 is 0. The zero-order valence-corrected chi connectivity index (χ0v) is 15.2. The summed E-state index contributed by atoms with van der Waals surface area (Å²) in [4.78, 5) is 19.9. The maximum Gasteiger partial charge on any atom is 0.497 e. The maximum atomic E-state index is 12.6. The minimum Gasteiger partial charge on any atom is -0.399 e. The highest BCUT2D eigenvalue weighted by molar-refractivity contribution is 6.64. The van der Waals surface area contributed by atoms with Gasteiger partial charge in [0.15, 0.2) is 5.65 Å². The molecule has 8 heteroatoms. The van der Waals surface area contributed by atoms with Crippen LogP contribution in [0.2, 0.25) is 0 Å². The van der Waals surface area contributed by atoms with Crippen LogP contribution in [-0.2, 0) is 14.0 Å². The molecular formula is C17H24BN3O4. The van der Waals surface area contributed by atoms with Crippen molar-refractivity contribution in [3.63, 3.8) is 0 Å². The fourth-order valence-corrected chi connectivity index (χ4v) is 3.40. The van der Waals surface area contributed by atoms with E-state index in [1.807, 2.05) is 33.8 Å². The molecule has 2 aliphatic heterocycles. The quantitative estimate of drug-likeness (QED) is 0.839. The van der Waals surface area contributed by atoms with E-state index in [0.717, 1.165) is 24.7 Å². The van der Waals surface area contributed by atoms with Crippen molar-refractivity contribution >= 4 is 23.7 Å². The van der Waals surface area contributed by atoms with Gasteiger partial charge in [-0.3, -0.25) is 0 Å². The molecule has 4 rings (SSSR count). The minimum atomic E-state index is -0.547. The number of aromatic amines is 1. The SMILES string of the molecule is CC1(C)OB(c2ccnc3c2[nH]c(=O)n3C2CCCCO2)OC1(C)C. The molecule has 1 N–H and O–H groups in total. The number of hydrogen-bond acceptors (Lipinski definition) is 5. The third kappa shape index (κ3) is 2.63. The molecule has 2 fully saturated rings. The highest BCUT2D eigenvalue weighted by atomic mass is 16.7. The van der Waals surface area contributed by atoms with Gasteiger partial charge in [-0.2, -0.15) is 0 Å². The molecule has 2 saturated heterocycles. The first-order valence-electron chi connectivity index (χ1n) is 8.86. The molecule has 1 atom stereocenters. The van der Waals surface area contributed by atoms with Crippen LogP contribution in [0.15, 0.2) is 17.1 Å². The maximum absolute atomic E-state index is 12.6. The largest absolute Gasteiger partial charge is 0.497 e. The number of H-pyrrole nitrogens is 1. The van der Waals surface area contributed by atoms with Gasteiger partial charge in [0.2, 0.25) is 0 Å². The Morgan fingerprint density at radius 2 is 1.96 bits per heavy atom. The number of pyridine rings is 1. The average molecular weight is 345 g/mol. The summed E-state index contributed by atoms with van der Waals surface area (Å²) in [5.74, 6) is 0. The van der Waals surface area contributed by atoms with E-state index in [1.165, 1.54) is 0 Å². The standard InChI is InChI=1S/C17H24BN3O4/c1-16(2)17(3,4)25-18(24-16)11-8-9-19-14-13(11)20-15(22)21(14)12-7-5-6-10-23-12/h8-9,12H,5-7,10H2,1-4H3,(H,20,22). The van der Waals surface area contributed by atoms with Crippen molar-refractivity contribution in [3.05, 3.63) is 22.7 Å². The van der Waals surface area contributed by atoms with Crippen molar-refractivity contribution in [2.24, 2.45) is 0 Å². The number of rotatable bonds is 2. The first-order valence-corrected chi connectivity index (χ1v) is 8.86. The number of aromatic nitrogens is 3. The molecule has 0 bridgehead atoms. The number of nitrogens with zero attached hydrogens (tertiary/aromatic N) is 2. The number of fused-ring (bicyclic) bond motifs is 1. The van der Waals surface area contributed by atoms with Gasteiger partial charge in [0.05, 0.1) is 16.7 Å². The van der Waals surface area contributed by atoms with E-state index in [-0.39, 0.29) is 11.9 Å². The van der Waals surface area contributed by atoms with Crippen LogP contribution >= 0.6 is 0 Å². The first kappa shape index (κ1) is 16.8. The van der Waals surface area contributed by atoms with Crippen molar-refractivity contribution in [2.45, 2.75) is 64.4 Å². The summed E-state index contributed by atoms with van der Waals surface area (Å²) in [7, 11) is -0.547. The lowest BCUT2D eigenvalue weighted by molar-refractivity contribution is -0.0316. The van der Waals surface area contributed by atoms with Crippen molar-refractivity contribution < 1.29 is 14.0 Å². The van der Waals surface area contributed by atoms with E-state index in [0.29, 0.717) is 17.8 Å². The lowest BCUT2D eigenvalue weighted by Crippen LogP contribution is -2.41. The minimum absolute atomic E-state index is 0.210. The Bertz CT molecular complexity index is 835. The second-order valence-electron chi connectivity index (χ2n) is 7.81. The highest BCUT2D eigenvalue weighted by Crippen LogP contribution is 2.36. The van der Waals surface area contributed by atoms with Crippen LogP contribution < -0.4 is 11.2 Å². The Balaban J connectivity index is 1.78. The molecule has 2 aromatic rings. The van der Waals surface area contributed by atoms with Gasteiger partial charge < -0.3 is 19.0 Å². The number of nitrogens with one attached hydrogen (secondary N) is 1. The summed E-state index contributed by atoms with van der Waals surface area (Å²) in [6.45, 7) is 8.70. The second kappa shape index (κ2) is 5.69. The molecule has 2 aliphatic rings. The number of hydrogen-bond donors (Lipinski definition) is 1. The molecule has 7 nitrogen and oxygen atoms in total. The average Bonchev–Trinajstić information content (AvgIpc) is 3.00. The van der Waals surface area contributed by atoms with Crippen LogP contribution in [0.1, 0.15) is 53.2 Å². The fourth-order valence-electron chi connectivity index (χ4n) is 3.40. The van der Waals surface area contributed by atoms with E-state index in [2.05, 4.69) is 9.97 Å². The van der Waals surface area contributed by atoms with Gasteiger partial charge in [-0.25, -0.2) is 14.3 Å². The van der Waals surface area contributed by atoms with Crippen molar-refractivity contribution in [2.75, 3.05) is 6.61 Å². The third-order valence-corrected chi connectivity index (χ3v) is 5.59. The van der Waals surface area contributed by atoms with Gasteiger partial charge in [-0.1, -0.05) is 0 Å². The fraction of sp³-hybridized carbons (Fsp3) is 0.647. The first-order chi connectivity index (χ1) is 11.8. The van der Waals surface area contributed by atoms with Gasteiger partial charge in [0.25, 0.3) is 0 Å².